The average molecular weight is 342 g/mol. The number of pyridine rings is 1. The smallest absolute Gasteiger partial charge is 0.246 e. The second-order valence-electron chi connectivity index (χ2n) is 6.14. The van der Waals surface area contributed by atoms with Crippen molar-refractivity contribution in [1.29, 1.82) is 0 Å². The van der Waals surface area contributed by atoms with Gasteiger partial charge in [0.2, 0.25) is 10.0 Å². The predicted octanol–water partition coefficient (Wildman–Crippen LogP) is 2.21. The van der Waals surface area contributed by atoms with Crippen LogP contribution in [0.25, 0.3) is 10.9 Å². The first-order valence-electron chi connectivity index (χ1n) is 7.96. The van der Waals surface area contributed by atoms with Crippen LogP contribution in [0.3, 0.4) is 0 Å². The number of nitrogens with one attached hydrogen (secondary N) is 1. The largest absolute Gasteiger partial charge is 0.284 e. The highest BCUT2D eigenvalue weighted by Crippen LogP contribution is 2.28. The van der Waals surface area contributed by atoms with E-state index in [1.54, 1.807) is 10.5 Å². The van der Waals surface area contributed by atoms with Crippen LogP contribution >= 0.6 is 0 Å². The molecule has 1 N–H and O–H groups in total. The quantitative estimate of drug-likeness (QED) is 0.788. The summed E-state index contributed by atoms with van der Waals surface area (Å²) in [6, 6.07) is 10.1. The van der Waals surface area contributed by atoms with Gasteiger partial charge in [0.1, 0.15) is 4.90 Å². The molecule has 0 radical (unpaired) electrons. The summed E-state index contributed by atoms with van der Waals surface area (Å²) in [6.45, 7) is 1.10. The molecule has 1 aliphatic heterocycles. The van der Waals surface area contributed by atoms with Gasteiger partial charge in [0.25, 0.3) is 0 Å². The molecule has 0 aliphatic carbocycles. The molecule has 24 heavy (non-hydrogen) atoms. The number of fused-ring (bicyclic) bond motifs is 1. The molecule has 1 atom stereocenters. The van der Waals surface area contributed by atoms with Crippen molar-refractivity contribution in [2.45, 2.75) is 17.7 Å². The summed E-state index contributed by atoms with van der Waals surface area (Å²) in [4.78, 5) is 4.62. The maximum absolute atomic E-state index is 12.6. The molecule has 3 heterocycles. The summed E-state index contributed by atoms with van der Waals surface area (Å²) in [6.07, 6.45) is 6.31. The van der Waals surface area contributed by atoms with Crippen molar-refractivity contribution >= 4 is 20.9 Å². The maximum atomic E-state index is 12.6. The number of hydrogen-bond donors (Lipinski definition) is 1. The van der Waals surface area contributed by atoms with Crippen molar-refractivity contribution in [3.8, 4) is 0 Å². The van der Waals surface area contributed by atoms with Crippen LogP contribution in [-0.4, -0.2) is 41.0 Å². The van der Waals surface area contributed by atoms with E-state index in [0.717, 1.165) is 23.7 Å². The molecule has 1 aromatic carbocycles. The topological polar surface area (TPSA) is 79.0 Å². The lowest BCUT2D eigenvalue weighted by Gasteiger charge is -2.16. The van der Waals surface area contributed by atoms with Crippen LogP contribution in [0.5, 0.6) is 0 Å². The Morgan fingerprint density at radius 1 is 1.25 bits per heavy atom. The fourth-order valence-electron chi connectivity index (χ4n) is 3.37. The first kappa shape index (κ1) is 15.3. The number of aromatic nitrogens is 3. The van der Waals surface area contributed by atoms with Crippen molar-refractivity contribution < 1.29 is 8.42 Å². The Morgan fingerprint density at radius 3 is 3.00 bits per heavy atom. The summed E-state index contributed by atoms with van der Waals surface area (Å²) in [7, 11) is -3.44. The molecular formula is C17H18N4O2S. The minimum Gasteiger partial charge on any atom is -0.284 e. The molecule has 1 fully saturated rings. The third-order valence-electron chi connectivity index (χ3n) is 4.60. The Kier molecular flexibility index (Phi) is 3.82. The first-order chi connectivity index (χ1) is 11.6. The van der Waals surface area contributed by atoms with Gasteiger partial charge in [0.05, 0.1) is 11.7 Å². The van der Waals surface area contributed by atoms with E-state index in [9.17, 15) is 8.42 Å². The molecule has 0 saturated carbocycles. The van der Waals surface area contributed by atoms with E-state index < -0.39 is 10.0 Å². The number of H-pyrrole nitrogens is 1. The highest BCUT2D eigenvalue weighted by molar-refractivity contribution is 7.89. The number of rotatable bonds is 4. The second kappa shape index (κ2) is 5.99. The Labute approximate surface area is 140 Å². The van der Waals surface area contributed by atoms with Gasteiger partial charge in [-0.1, -0.05) is 18.2 Å². The van der Waals surface area contributed by atoms with Gasteiger partial charge in [0.15, 0.2) is 0 Å². The Hall–Kier alpha value is -2.25. The number of hydrogen-bond acceptors (Lipinski definition) is 4. The third-order valence-corrected chi connectivity index (χ3v) is 6.43. The maximum Gasteiger partial charge on any atom is 0.246 e. The van der Waals surface area contributed by atoms with Crippen LogP contribution in [0.2, 0.25) is 0 Å². The van der Waals surface area contributed by atoms with E-state index >= 15 is 0 Å². The van der Waals surface area contributed by atoms with Gasteiger partial charge in [0, 0.05) is 30.9 Å². The molecular weight excluding hydrogens is 324 g/mol. The molecule has 1 unspecified atom stereocenters. The van der Waals surface area contributed by atoms with Gasteiger partial charge in [-0.2, -0.15) is 9.40 Å². The van der Waals surface area contributed by atoms with Crippen LogP contribution in [0, 0.1) is 5.92 Å². The van der Waals surface area contributed by atoms with Gasteiger partial charge in [-0.05, 0) is 36.5 Å². The van der Waals surface area contributed by atoms with E-state index in [2.05, 4.69) is 27.3 Å². The SMILES string of the molecule is O=S(=O)(c1cn[nH]c1)N1CCC(Cc2cccc3ncccc23)C1. The summed E-state index contributed by atoms with van der Waals surface area (Å²) < 4.78 is 26.7. The Bertz CT molecular complexity index is 948. The standard InChI is InChI=1S/C17H18N4O2S/c22-24(23,15-10-19-20-11-15)21-8-6-13(12-21)9-14-3-1-5-17-16(14)4-2-7-18-17/h1-5,7,10-11,13H,6,8-9,12H2,(H,19,20). The van der Waals surface area contributed by atoms with Gasteiger partial charge in [-0.25, -0.2) is 8.42 Å². The van der Waals surface area contributed by atoms with Gasteiger partial charge < -0.3 is 0 Å². The van der Waals surface area contributed by atoms with E-state index in [4.69, 9.17) is 0 Å². The summed E-state index contributed by atoms with van der Waals surface area (Å²) >= 11 is 0. The molecule has 6 nitrogen and oxygen atoms in total. The van der Waals surface area contributed by atoms with Crippen LogP contribution in [0.15, 0.2) is 53.8 Å². The molecule has 7 heteroatoms. The lowest BCUT2D eigenvalue weighted by atomic mass is 9.96. The first-order valence-corrected chi connectivity index (χ1v) is 9.40. The third kappa shape index (κ3) is 2.70. The van der Waals surface area contributed by atoms with Crippen molar-refractivity contribution in [3.63, 3.8) is 0 Å². The summed E-state index contributed by atoms with van der Waals surface area (Å²) in [5.41, 5.74) is 2.21. The molecule has 1 aliphatic rings. The zero-order valence-electron chi connectivity index (χ0n) is 13.1. The zero-order chi connectivity index (χ0) is 16.6. The molecule has 0 bridgehead atoms. The highest BCUT2D eigenvalue weighted by Gasteiger charge is 2.33. The lowest BCUT2D eigenvalue weighted by Crippen LogP contribution is -2.28. The average Bonchev–Trinajstić information content (AvgIpc) is 3.28. The van der Waals surface area contributed by atoms with Crippen LogP contribution < -0.4 is 0 Å². The van der Waals surface area contributed by atoms with Crippen molar-refractivity contribution in [3.05, 3.63) is 54.5 Å². The summed E-state index contributed by atoms with van der Waals surface area (Å²) in [5.74, 6) is 0.317. The molecule has 0 spiro atoms. The Balaban J connectivity index is 1.53. The van der Waals surface area contributed by atoms with E-state index in [1.165, 1.54) is 18.0 Å². The van der Waals surface area contributed by atoms with Crippen molar-refractivity contribution in [2.24, 2.45) is 5.92 Å². The number of aromatic amines is 1. The van der Waals surface area contributed by atoms with Crippen molar-refractivity contribution in [1.82, 2.24) is 19.5 Å². The van der Waals surface area contributed by atoms with Crippen LogP contribution in [-0.2, 0) is 16.4 Å². The minimum atomic E-state index is -3.44. The number of benzene rings is 1. The van der Waals surface area contributed by atoms with Gasteiger partial charge >= 0.3 is 0 Å². The lowest BCUT2D eigenvalue weighted by molar-refractivity contribution is 0.456. The predicted molar refractivity (Wildman–Crippen MR) is 90.9 cm³/mol. The van der Waals surface area contributed by atoms with E-state index in [-0.39, 0.29) is 4.90 Å². The molecule has 0 amide bonds. The minimum absolute atomic E-state index is 0.234. The van der Waals surface area contributed by atoms with Gasteiger partial charge in [-0.3, -0.25) is 10.1 Å². The monoisotopic (exact) mass is 342 g/mol. The molecule has 124 valence electrons. The highest BCUT2D eigenvalue weighted by atomic mass is 32.2. The number of sulfonamides is 1. The normalized spacial score (nSPS) is 19.1. The fourth-order valence-corrected chi connectivity index (χ4v) is 4.81. The molecule has 2 aromatic heterocycles. The van der Waals surface area contributed by atoms with Gasteiger partial charge in [-0.15, -0.1) is 0 Å². The molecule has 1 saturated heterocycles. The fraction of sp³-hybridized carbons (Fsp3) is 0.294. The van der Waals surface area contributed by atoms with Crippen LogP contribution in [0.1, 0.15) is 12.0 Å². The second-order valence-corrected chi connectivity index (χ2v) is 8.08. The Morgan fingerprint density at radius 2 is 2.17 bits per heavy atom. The molecule has 4 rings (SSSR count). The van der Waals surface area contributed by atoms with E-state index in [0.29, 0.717) is 19.0 Å². The van der Waals surface area contributed by atoms with E-state index in [1.807, 2.05) is 18.2 Å². The number of nitrogens with zero attached hydrogens (tertiary/aromatic N) is 3. The summed E-state index contributed by atoms with van der Waals surface area (Å²) in [5, 5.41) is 7.46. The zero-order valence-corrected chi connectivity index (χ0v) is 13.9. The van der Waals surface area contributed by atoms with Crippen molar-refractivity contribution in [2.75, 3.05) is 13.1 Å². The van der Waals surface area contributed by atoms with Crippen LogP contribution in [0.4, 0.5) is 0 Å². The molecule has 3 aromatic rings.